The van der Waals surface area contributed by atoms with Gasteiger partial charge in [-0.3, -0.25) is 19.1 Å². The predicted octanol–water partition coefficient (Wildman–Crippen LogP) is 8.73. The van der Waals surface area contributed by atoms with Crippen molar-refractivity contribution in [3.63, 3.8) is 0 Å². The number of rotatable bonds is 9. The second kappa shape index (κ2) is 17.1. The molecule has 0 saturated carbocycles. The van der Waals surface area contributed by atoms with Crippen molar-refractivity contribution in [1.29, 1.82) is 0 Å². The van der Waals surface area contributed by atoms with E-state index in [1.165, 1.54) is 6.20 Å². The van der Waals surface area contributed by atoms with E-state index in [0.717, 1.165) is 18.6 Å². The number of alkyl halides is 12. The summed E-state index contributed by atoms with van der Waals surface area (Å²) in [7, 11) is -3.77. The molecule has 0 radical (unpaired) electrons. The highest BCUT2D eigenvalue weighted by Gasteiger charge is 2.39. The van der Waals surface area contributed by atoms with Crippen LogP contribution in [0.4, 0.5) is 64.3 Å². The summed E-state index contributed by atoms with van der Waals surface area (Å²) < 4.78 is 177. The zero-order valence-corrected chi connectivity index (χ0v) is 28.9. The highest BCUT2D eigenvalue weighted by Crippen LogP contribution is 2.46. The van der Waals surface area contributed by atoms with Crippen LogP contribution in [0.1, 0.15) is 62.5 Å². The topological polar surface area (TPSA) is 145 Å². The average molecular weight is 821 g/mol. The van der Waals surface area contributed by atoms with E-state index in [-0.39, 0.29) is 54.5 Å². The van der Waals surface area contributed by atoms with E-state index in [4.69, 9.17) is 9.05 Å². The van der Waals surface area contributed by atoms with Crippen molar-refractivity contribution in [1.82, 2.24) is 19.9 Å². The van der Waals surface area contributed by atoms with Gasteiger partial charge in [0.1, 0.15) is 0 Å². The summed E-state index contributed by atoms with van der Waals surface area (Å²) in [6.07, 6.45) is -16.0. The third-order valence-corrected chi connectivity index (χ3v) is 8.47. The van der Waals surface area contributed by atoms with Gasteiger partial charge >= 0.3 is 32.3 Å². The van der Waals surface area contributed by atoms with Gasteiger partial charge in [0.15, 0.2) is 17.1 Å². The first-order chi connectivity index (χ1) is 25.3. The molecule has 0 aliphatic carbocycles. The van der Waals surface area contributed by atoms with Gasteiger partial charge in [0.25, 0.3) is 11.8 Å². The molecule has 0 saturated heterocycles. The van der Waals surface area contributed by atoms with E-state index in [9.17, 15) is 66.8 Å². The van der Waals surface area contributed by atoms with Crippen molar-refractivity contribution in [3.05, 3.63) is 100 Å². The number of nitrogens with one attached hydrogen (secondary N) is 2. The number of anilines is 2. The molecule has 0 spiro atoms. The Morgan fingerprint density at radius 1 is 0.564 bits per heavy atom. The Hall–Kier alpha value is -5.15. The van der Waals surface area contributed by atoms with Gasteiger partial charge in [-0.25, -0.2) is 15.0 Å². The fourth-order valence-electron chi connectivity index (χ4n) is 4.04. The van der Waals surface area contributed by atoms with Gasteiger partial charge in [0.05, 0.1) is 65.9 Å². The molecule has 4 aromatic rings. The molecule has 2 amide bonds. The maximum atomic E-state index is 12.9. The van der Waals surface area contributed by atoms with Gasteiger partial charge in [-0.2, -0.15) is 52.7 Å². The van der Waals surface area contributed by atoms with Crippen LogP contribution in [0.5, 0.6) is 0 Å². The van der Waals surface area contributed by atoms with Crippen LogP contribution in [0.25, 0.3) is 0 Å². The normalized spacial score (nSPS) is 12.4. The molecule has 0 aliphatic rings. The lowest BCUT2D eigenvalue weighted by molar-refractivity contribution is -0.144. The van der Waals surface area contributed by atoms with E-state index >= 15 is 0 Å². The van der Waals surface area contributed by atoms with Crippen molar-refractivity contribution < 1.29 is 75.9 Å². The van der Waals surface area contributed by atoms with Crippen molar-refractivity contribution in [2.45, 2.75) is 45.5 Å². The van der Waals surface area contributed by atoms with E-state index in [0.29, 0.717) is 17.8 Å². The standard InChI is InChI=1S/C17H16F6N3O4P.C14H9F6N3O/c1-3-29-31(28,30-4-2)14-9-24-13(8-25-14)26-15(27)10-5-11(16(18,19)20)7-12(6-10)17(21,22)23;1-7-5-22-11(6-21-7)23-12(24)8-2-9(13(15,16)17)4-10(3-8)14(18,19)20/h5-9H,3-4H2,1-2H3,(H,24,26,27);2-6H,1H3,(H,22,23,24). The van der Waals surface area contributed by atoms with Crippen molar-refractivity contribution in [2.75, 3.05) is 23.8 Å². The number of halogens is 12. The number of aromatic nitrogens is 4. The summed E-state index contributed by atoms with van der Waals surface area (Å²) in [5.74, 6) is -2.85. The minimum atomic E-state index is -5.10. The number of carbonyl (C=O) groups excluding carboxylic acids is 2. The van der Waals surface area contributed by atoms with Crippen molar-refractivity contribution in [2.24, 2.45) is 0 Å². The third-order valence-electron chi connectivity index (χ3n) is 6.48. The van der Waals surface area contributed by atoms with Crippen LogP contribution in [0, 0.1) is 6.92 Å². The maximum Gasteiger partial charge on any atom is 0.416 e. The second-order valence-electron chi connectivity index (χ2n) is 10.6. The van der Waals surface area contributed by atoms with Gasteiger partial charge in [-0.1, -0.05) is 0 Å². The molecule has 24 heteroatoms. The van der Waals surface area contributed by atoms with Gasteiger partial charge in [0, 0.05) is 11.1 Å². The number of carbonyl (C=O) groups is 2. The average Bonchev–Trinajstić information content (AvgIpc) is 3.08. The Morgan fingerprint density at radius 3 is 1.18 bits per heavy atom. The first-order valence-corrected chi connectivity index (χ1v) is 16.5. The quantitative estimate of drug-likeness (QED) is 0.125. The van der Waals surface area contributed by atoms with E-state index in [1.54, 1.807) is 20.8 Å². The molecule has 2 N–H and O–H groups in total. The molecule has 11 nitrogen and oxygen atoms in total. The van der Waals surface area contributed by atoms with Crippen LogP contribution in [0.3, 0.4) is 0 Å². The Kier molecular flexibility index (Phi) is 13.8. The zero-order chi connectivity index (χ0) is 41.6. The van der Waals surface area contributed by atoms with Crippen LogP contribution in [0.2, 0.25) is 0 Å². The third kappa shape index (κ3) is 12.4. The smallest absolute Gasteiger partial charge is 0.305 e. The summed E-state index contributed by atoms with van der Waals surface area (Å²) in [5.41, 5.74) is -7.76. The van der Waals surface area contributed by atoms with Gasteiger partial charge in [-0.05, 0) is 57.2 Å². The second-order valence-corrected chi connectivity index (χ2v) is 12.6. The lowest BCUT2D eigenvalue weighted by atomic mass is 10.0. The van der Waals surface area contributed by atoms with Gasteiger partial charge in [-0.15, -0.1) is 0 Å². The summed E-state index contributed by atoms with van der Waals surface area (Å²) in [6, 6.07) is 1.10. The molecule has 0 bridgehead atoms. The summed E-state index contributed by atoms with van der Waals surface area (Å²) >= 11 is 0. The molecular weight excluding hydrogens is 795 g/mol. The number of nitrogens with zero attached hydrogens (tertiary/aromatic N) is 4. The largest absolute Gasteiger partial charge is 0.416 e. The molecule has 0 atom stereocenters. The van der Waals surface area contributed by atoms with Crippen LogP contribution >= 0.6 is 7.60 Å². The van der Waals surface area contributed by atoms with E-state index < -0.39 is 77.5 Å². The number of benzene rings is 2. The minimum Gasteiger partial charge on any atom is -0.305 e. The fourth-order valence-corrected chi connectivity index (χ4v) is 5.46. The summed E-state index contributed by atoms with van der Waals surface area (Å²) in [4.78, 5) is 39.3. The predicted molar refractivity (Wildman–Crippen MR) is 168 cm³/mol. The summed E-state index contributed by atoms with van der Waals surface area (Å²) in [6.45, 7) is 4.82. The molecule has 2 aromatic heterocycles. The lowest BCUT2D eigenvalue weighted by Gasteiger charge is -2.16. The zero-order valence-electron chi connectivity index (χ0n) is 28.0. The Bertz CT molecular complexity index is 1950. The minimum absolute atomic E-state index is 0.0362. The Morgan fingerprint density at radius 2 is 0.909 bits per heavy atom. The number of amides is 2. The SMILES string of the molecule is CCOP(=O)(OCC)c1cnc(NC(=O)c2cc(C(F)(F)F)cc(C(F)(F)F)c2)cn1.Cc1cnc(NC(=O)c2cc(C(F)(F)F)cc(C(F)(F)F)c2)cn1. The fraction of sp³-hybridized carbons (Fsp3) is 0.290. The molecule has 0 unspecified atom stereocenters. The molecular formula is C31H25F12N6O5P. The Balaban J connectivity index is 0.000000305. The molecule has 298 valence electrons. The van der Waals surface area contributed by atoms with Crippen LogP contribution < -0.4 is 16.1 Å². The van der Waals surface area contributed by atoms with E-state index in [1.807, 2.05) is 5.32 Å². The van der Waals surface area contributed by atoms with Gasteiger partial charge in [0.2, 0.25) is 0 Å². The molecule has 2 aromatic carbocycles. The molecule has 55 heavy (non-hydrogen) atoms. The Labute approximate surface area is 302 Å². The van der Waals surface area contributed by atoms with Crippen LogP contribution in [0.15, 0.2) is 61.2 Å². The van der Waals surface area contributed by atoms with Crippen molar-refractivity contribution >= 4 is 36.5 Å². The van der Waals surface area contributed by atoms with Crippen LogP contribution in [-0.4, -0.2) is 45.0 Å². The highest BCUT2D eigenvalue weighted by atomic mass is 31.2. The number of hydrogen-bond donors (Lipinski definition) is 2. The molecule has 2 heterocycles. The summed E-state index contributed by atoms with van der Waals surface area (Å²) in [5, 5.41) is 4.14. The number of aryl methyl sites for hydroxylation is 1. The first-order valence-electron chi connectivity index (χ1n) is 15.0. The monoisotopic (exact) mass is 820 g/mol. The highest BCUT2D eigenvalue weighted by molar-refractivity contribution is 7.61. The molecule has 0 fully saturated rings. The molecule has 4 rings (SSSR count). The van der Waals surface area contributed by atoms with Crippen LogP contribution in [-0.2, 0) is 38.3 Å². The van der Waals surface area contributed by atoms with Crippen molar-refractivity contribution in [3.8, 4) is 0 Å². The van der Waals surface area contributed by atoms with Gasteiger partial charge < -0.3 is 19.7 Å². The molecule has 0 aliphatic heterocycles. The number of hydrogen-bond acceptors (Lipinski definition) is 9. The first kappa shape index (κ1) is 44.2. The maximum absolute atomic E-state index is 12.9. The van der Waals surface area contributed by atoms with E-state index in [2.05, 4.69) is 25.3 Å². The lowest BCUT2D eigenvalue weighted by Crippen LogP contribution is -2.19.